The number of amides is 1. The van der Waals surface area contributed by atoms with Crippen LogP contribution in [0.3, 0.4) is 0 Å². The molecule has 1 amide bonds. The van der Waals surface area contributed by atoms with Crippen molar-refractivity contribution in [2.24, 2.45) is 0 Å². The van der Waals surface area contributed by atoms with Crippen molar-refractivity contribution >= 4 is 11.7 Å². The number of hydrogen-bond donors (Lipinski definition) is 1. The number of rotatable bonds is 6. The summed E-state index contributed by atoms with van der Waals surface area (Å²) in [5, 5.41) is 2.43. The van der Waals surface area contributed by atoms with Crippen molar-refractivity contribution in [3.8, 4) is 0 Å². The average Bonchev–Trinajstić information content (AvgIpc) is 2.37. The molecule has 0 aliphatic carbocycles. The Morgan fingerprint density at radius 1 is 1.21 bits per heavy atom. The van der Waals surface area contributed by atoms with E-state index in [4.69, 9.17) is 0 Å². The Labute approximate surface area is 110 Å². The maximum Gasteiger partial charge on any atom is 0.233 e. The molecule has 4 nitrogen and oxygen atoms in total. The molecular weight excluding hydrogens is 254 g/mol. The Bertz CT molecular complexity index is 457. The van der Waals surface area contributed by atoms with Crippen LogP contribution in [0.1, 0.15) is 17.3 Å². The number of likely N-dealkylation sites (N-methyl/N-ethyl adjacent to an activating group) is 2. The van der Waals surface area contributed by atoms with Gasteiger partial charge in [-0.05, 0) is 18.7 Å². The van der Waals surface area contributed by atoms with Crippen LogP contribution in [-0.2, 0) is 4.79 Å². The van der Waals surface area contributed by atoms with E-state index in [1.807, 2.05) is 0 Å². The molecule has 0 atom stereocenters. The summed E-state index contributed by atoms with van der Waals surface area (Å²) in [4.78, 5) is 24.6. The smallest absolute Gasteiger partial charge is 0.233 e. The number of carbonyl (C=O) groups excluding carboxylic acids is 2. The molecule has 0 aliphatic heterocycles. The van der Waals surface area contributed by atoms with E-state index in [-0.39, 0.29) is 19.0 Å². The first-order chi connectivity index (χ1) is 8.99. The number of nitrogens with zero attached hydrogens (tertiary/aromatic N) is 1. The van der Waals surface area contributed by atoms with E-state index >= 15 is 0 Å². The van der Waals surface area contributed by atoms with Crippen molar-refractivity contribution in [1.29, 1.82) is 0 Å². The van der Waals surface area contributed by atoms with Gasteiger partial charge in [-0.25, -0.2) is 8.78 Å². The van der Waals surface area contributed by atoms with E-state index in [1.54, 1.807) is 6.92 Å². The Morgan fingerprint density at radius 3 is 2.26 bits per heavy atom. The zero-order valence-electron chi connectivity index (χ0n) is 10.9. The van der Waals surface area contributed by atoms with Gasteiger partial charge in [-0.15, -0.1) is 0 Å². The Hall–Kier alpha value is -1.82. The highest BCUT2D eigenvalue weighted by Crippen LogP contribution is 2.13. The first-order valence-corrected chi connectivity index (χ1v) is 5.89. The highest BCUT2D eigenvalue weighted by Gasteiger charge is 2.20. The quantitative estimate of drug-likeness (QED) is 0.791. The molecule has 104 valence electrons. The summed E-state index contributed by atoms with van der Waals surface area (Å²) < 4.78 is 26.9. The number of ketones is 1. The maximum atomic E-state index is 13.4. The second-order valence-corrected chi connectivity index (χ2v) is 4.00. The van der Waals surface area contributed by atoms with Gasteiger partial charge in [0.15, 0.2) is 5.78 Å². The third-order valence-corrected chi connectivity index (χ3v) is 2.70. The van der Waals surface area contributed by atoms with Crippen molar-refractivity contribution < 1.29 is 18.4 Å². The second-order valence-electron chi connectivity index (χ2n) is 4.00. The molecule has 1 rings (SSSR count). The van der Waals surface area contributed by atoms with Crippen LogP contribution in [-0.4, -0.2) is 43.3 Å². The lowest BCUT2D eigenvalue weighted by Crippen LogP contribution is -2.38. The average molecular weight is 270 g/mol. The van der Waals surface area contributed by atoms with E-state index in [1.165, 1.54) is 18.0 Å². The summed E-state index contributed by atoms with van der Waals surface area (Å²) in [6, 6.07) is 3.26. The summed E-state index contributed by atoms with van der Waals surface area (Å²) in [5.41, 5.74) is -0.558. The van der Waals surface area contributed by atoms with Crippen molar-refractivity contribution in [3.05, 3.63) is 35.4 Å². The van der Waals surface area contributed by atoms with E-state index < -0.39 is 23.0 Å². The number of nitrogens with one attached hydrogen (secondary N) is 1. The van der Waals surface area contributed by atoms with Gasteiger partial charge in [-0.1, -0.05) is 13.0 Å². The van der Waals surface area contributed by atoms with E-state index in [0.29, 0.717) is 6.54 Å². The molecule has 0 fully saturated rings. The molecule has 0 radical (unpaired) electrons. The van der Waals surface area contributed by atoms with Gasteiger partial charge in [-0.3, -0.25) is 14.5 Å². The lowest BCUT2D eigenvalue weighted by molar-refractivity contribution is -0.121. The molecule has 0 aromatic heterocycles. The summed E-state index contributed by atoms with van der Waals surface area (Å²) >= 11 is 0. The summed E-state index contributed by atoms with van der Waals surface area (Å²) in [6.45, 7) is 1.99. The van der Waals surface area contributed by atoms with E-state index in [0.717, 1.165) is 12.1 Å². The molecule has 1 N–H and O–H groups in total. The second kappa shape index (κ2) is 6.94. The largest absolute Gasteiger partial charge is 0.358 e. The minimum atomic E-state index is -0.888. The van der Waals surface area contributed by atoms with Gasteiger partial charge in [0.2, 0.25) is 5.91 Å². The minimum Gasteiger partial charge on any atom is -0.358 e. The molecule has 0 saturated heterocycles. The van der Waals surface area contributed by atoms with Gasteiger partial charge in [0.1, 0.15) is 11.6 Å². The molecule has 0 unspecified atom stereocenters. The Kier molecular flexibility index (Phi) is 5.57. The summed E-state index contributed by atoms with van der Waals surface area (Å²) in [6.07, 6.45) is 0. The van der Waals surface area contributed by atoms with Crippen LogP contribution in [0.5, 0.6) is 0 Å². The van der Waals surface area contributed by atoms with Crippen molar-refractivity contribution in [1.82, 2.24) is 10.2 Å². The van der Waals surface area contributed by atoms with Gasteiger partial charge in [-0.2, -0.15) is 0 Å². The number of carbonyl (C=O) groups is 2. The zero-order valence-corrected chi connectivity index (χ0v) is 10.9. The lowest BCUT2D eigenvalue weighted by Gasteiger charge is -2.18. The predicted octanol–water partition coefficient (Wildman–Crippen LogP) is 1.22. The molecule has 0 aliphatic rings. The Morgan fingerprint density at radius 2 is 1.79 bits per heavy atom. The fraction of sp³-hybridized carbons (Fsp3) is 0.385. The van der Waals surface area contributed by atoms with Crippen molar-refractivity contribution in [2.45, 2.75) is 6.92 Å². The van der Waals surface area contributed by atoms with Crippen LogP contribution in [0, 0.1) is 11.6 Å². The van der Waals surface area contributed by atoms with E-state index in [9.17, 15) is 18.4 Å². The number of Topliss-reactive ketones (excluding diaryl/α,β-unsaturated/α-hetero) is 1. The van der Waals surface area contributed by atoms with Gasteiger partial charge in [0.05, 0.1) is 18.7 Å². The third kappa shape index (κ3) is 4.10. The predicted molar refractivity (Wildman–Crippen MR) is 66.9 cm³/mol. The third-order valence-electron chi connectivity index (χ3n) is 2.70. The topological polar surface area (TPSA) is 49.4 Å². The molecule has 0 bridgehead atoms. The Balaban J connectivity index is 2.80. The molecular formula is C13H16F2N2O2. The van der Waals surface area contributed by atoms with Crippen LogP contribution in [0.4, 0.5) is 8.78 Å². The fourth-order valence-electron chi connectivity index (χ4n) is 1.61. The van der Waals surface area contributed by atoms with Crippen molar-refractivity contribution in [2.75, 3.05) is 26.7 Å². The summed E-state index contributed by atoms with van der Waals surface area (Å²) in [7, 11) is 1.48. The van der Waals surface area contributed by atoms with Gasteiger partial charge in [0.25, 0.3) is 0 Å². The van der Waals surface area contributed by atoms with Gasteiger partial charge in [0, 0.05) is 7.05 Å². The van der Waals surface area contributed by atoms with Crippen LogP contribution < -0.4 is 5.32 Å². The zero-order chi connectivity index (χ0) is 14.4. The lowest BCUT2D eigenvalue weighted by atomic mass is 10.1. The molecule has 0 saturated carbocycles. The van der Waals surface area contributed by atoms with Crippen molar-refractivity contribution in [3.63, 3.8) is 0 Å². The molecule has 6 heteroatoms. The molecule has 0 spiro atoms. The van der Waals surface area contributed by atoms with Crippen LogP contribution >= 0.6 is 0 Å². The molecule has 0 heterocycles. The highest BCUT2D eigenvalue weighted by molar-refractivity contribution is 5.98. The first-order valence-electron chi connectivity index (χ1n) is 5.89. The fourth-order valence-corrected chi connectivity index (χ4v) is 1.61. The monoisotopic (exact) mass is 270 g/mol. The van der Waals surface area contributed by atoms with Gasteiger partial charge < -0.3 is 5.32 Å². The standard InChI is InChI=1S/C13H16F2N2O2/c1-3-17(8-12(19)16-2)7-11(18)13-9(14)5-4-6-10(13)15/h4-6H,3,7-8H2,1-2H3,(H,16,19). The minimum absolute atomic E-state index is 0.00874. The maximum absolute atomic E-state index is 13.4. The molecule has 1 aromatic carbocycles. The van der Waals surface area contributed by atoms with Crippen LogP contribution in [0.25, 0.3) is 0 Å². The molecule has 1 aromatic rings. The number of halogens is 2. The highest BCUT2D eigenvalue weighted by atomic mass is 19.1. The number of benzene rings is 1. The molecule has 19 heavy (non-hydrogen) atoms. The van der Waals surface area contributed by atoms with Crippen LogP contribution in [0.2, 0.25) is 0 Å². The summed E-state index contributed by atoms with van der Waals surface area (Å²) in [5.74, 6) is -2.72. The first kappa shape index (κ1) is 15.2. The van der Waals surface area contributed by atoms with Crippen LogP contribution in [0.15, 0.2) is 18.2 Å². The normalized spacial score (nSPS) is 10.6. The number of hydrogen-bond acceptors (Lipinski definition) is 3. The SMILES string of the molecule is CCN(CC(=O)NC)CC(=O)c1c(F)cccc1F. The van der Waals surface area contributed by atoms with E-state index in [2.05, 4.69) is 5.32 Å². The van der Waals surface area contributed by atoms with Gasteiger partial charge >= 0.3 is 0 Å².